The zero-order chi connectivity index (χ0) is 15.0. The first kappa shape index (κ1) is 15.8. The van der Waals surface area contributed by atoms with Gasteiger partial charge < -0.3 is 5.73 Å². The molecule has 4 nitrogen and oxygen atoms in total. The first-order chi connectivity index (χ1) is 9.33. The Morgan fingerprint density at radius 2 is 2.05 bits per heavy atom. The van der Waals surface area contributed by atoms with E-state index in [1.807, 2.05) is 6.92 Å². The van der Waals surface area contributed by atoms with Gasteiger partial charge in [0.25, 0.3) is 0 Å². The number of sulfonamides is 1. The molecular formula is C14H21ClN2O2S. The molecule has 0 aromatic heterocycles. The number of benzene rings is 1. The van der Waals surface area contributed by atoms with Gasteiger partial charge in [-0.1, -0.05) is 18.5 Å². The third-order valence-electron chi connectivity index (χ3n) is 4.28. The van der Waals surface area contributed by atoms with Gasteiger partial charge in [-0.25, -0.2) is 13.1 Å². The summed E-state index contributed by atoms with van der Waals surface area (Å²) in [6, 6.07) is 3.22. The molecule has 0 amide bonds. The monoisotopic (exact) mass is 316 g/mol. The summed E-state index contributed by atoms with van der Waals surface area (Å²) in [5.74, 6) is 0. The van der Waals surface area contributed by atoms with Crippen LogP contribution in [0.2, 0.25) is 5.02 Å². The van der Waals surface area contributed by atoms with Crippen molar-refractivity contribution in [1.29, 1.82) is 0 Å². The Hall–Kier alpha value is -0.620. The molecule has 6 heteroatoms. The highest BCUT2D eigenvalue weighted by molar-refractivity contribution is 7.89. The lowest BCUT2D eigenvalue weighted by Crippen LogP contribution is -2.52. The van der Waals surface area contributed by atoms with Crippen molar-refractivity contribution in [2.75, 3.05) is 0 Å². The number of hydrogen-bond donors (Lipinski definition) is 2. The fourth-order valence-corrected chi connectivity index (χ4v) is 4.82. The van der Waals surface area contributed by atoms with Crippen molar-refractivity contribution < 1.29 is 8.42 Å². The highest BCUT2D eigenvalue weighted by Crippen LogP contribution is 2.36. The van der Waals surface area contributed by atoms with Crippen molar-refractivity contribution >= 4 is 21.6 Å². The molecule has 0 radical (unpaired) electrons. The summed E-state index contributed by atoms with van der Waals surface area (Å²) in [6.07, 6.45) is 3.66. The number of rotatable bonds is 5. The zero-order valence-electron chi connectivity index (χ0n) is 11.9. The molecule has 0 heterocycles. The van der Waals surface area contributed by atoms with Gasteiger partial charge in [0.2, 0.25) is 10.0 Å². The van der Waals surface area contributed by atoms with Crippen LogP contribution < -0.4 is 10.5 Å². The van der Waals surface area contributed by atoms with Gasteiger partial charge in [0.15, 0.2) is 0 Å². The van der Waals surface area contributed by atoms with Crippen molar-refractivity contribution in [2.45, 2.75) is 56.5 Å². The molecule has 0 spiro atoms. The smallest absolute Gasteiger partial charge is 0.241 e. The van der Waals surface area contributed by atoms with E-state index in [4.69, 9.17) is 17.3 Å². The van der Waals surface area contributed by atoms with Gasteiger partial charge in [-0.3, -0.25) is 0 Å². The van der Waals surface area contributed by atoms with Crippen LogP contribution in [0.5, 0.6) is 0 Å². The molecule has 0 atom stereocenters. The summed E-state index contributed by atoms with van der Waals surface area (Å²) in [5.41, 5.74) is 6.80. The average Bonchev–Trinajstić information content (AvgIpc) is 2.36. The van der Waals surface area contributed by atoms with E-state index in [1.165, 1.54) is 6.07 Å². The molecule has 0 unspecified atom stereocenters. The predicted octanol–water partition coefficient (Wildman–Crippen LogP) is 2.72. The van der Waals surface area contributed by atoms with Gasteiger partial charge in [0.05, 0.1) is 4.90 Å². The Morgan fingerprint density at radius 1 is 1.40 bits per heavy atom. The van der Waals surface area contributed by atoms with Gasteiger partial charge in [0, 0.05) is 17.1 Å². The topological polar surface area (TPSA) is 72.2 Å². The number of halogens is 1. The Bertz CT molecular complexity index is 604. The van der Waals surface area contributed by atoms with E-state index in [1.54, 1.807) is 13.0 Å². The molecule has 1 aromatic carbocycles. The molecular weight excluding hydrogens is 296 g/mol. The minimum absolute atomic E-state index is 0.241. The standard InChI is InChI=1S/C14H21ClN2O2S/c1-3-14(5-4-6-14)17-20(18,19)13-8-12(15)7-11(9-16)10(13)2/h7-8,17H,3-6,9,16H2,1-2H3. The van der Waals surface area contributed by atoms with Crippen LogP contribution in [-0.4, -0.2) is 14.0 Å². The van der Waals surface area contributed by atoms with Gasteiger partial charge in [-0.15, -0.1) is 0 Å². The highest BCUT2D eigenvalue weighted by atomic mass is 35.5. The van der Waals surface area contributed by atoms with Crippen LogP contribution in [0.25, 0.3) is 0 Å². The Kier molecular flexibility index (Phi) is 4.44. The molecule has 1 aliphatic rings. The van der Waals surface area contributed by atoms with Crippen molar-refractivity contribution in [3.05, 3.63) is 28.3 Å². The molecule has 0 saturated heterocycles. The third-order valence-corrected chi connectivity index (χ3v) is 6.20. The number of nitrogens with one attached hydrogen (secondary N) is 1. The minimum atomic E-state index is -3.57. The molecule has 2 rings (SSSR count). The van der Waals surface area contributed by atoms with Crippen molar-refractivity contribution in [3.8, 4) is 0 Å². The second-order valence-corrected chi connectivity index (χ2v) is 7.57. The molecule has 1 aromatic rings. The quantitative estimate of drug-likeness (QED) is 0.877. The third kappa shape index (κ3) is 2.86. The SMILES string of the molecule is CCC1(NS(=O)(=O)c2cc(Cl)cc(CN)c2C)CCC1. The summed E-state index contributed by atoms with van der Waals surface area (Å²) in [7, 11) is -3.57. The first-order valence-electron chi connectivity index (χ1n) is 6.86. The van der Waals surface area contributed by atoms with Crippen molar-refractivity contribution in [2.24, 2.45) is 5.73 Å². The average molecular weight is 317 g/mol. The van der Waals surface area contributed by atoms with Crippen molar-refractivity contribution in [1.82, 2.24) is 4.72 Å². The van der Waals surface area contributed by atoms with E-state index in [-0.39, 0.29) is 17.0 Å². The summed E-state index contributed by atoms with van der Waals surface area (Å²) >= 11 is 6.01. The van der Waals surface area contributed by atoms with Crippen LogP contribution in [0.3, 0.4) is 0 Å². The highest BCUT2D eigenvalue weighted by Gasteiger charge is 2.39. The number of hydrogen-bond acceptors (Lipinski definition) is 3. The Balaban J connectivity index is 2.42. The summed E-state index contributed by atoms with van der Waals surface area (Å²) in [6.45, 7) is 4.05. The lowest BCUT2D eigenvalue weighted by molar-refractivity contribution is 0.214. The second kappa shape index (κ2) is 5.64. The molecule has 1 saturated carbocycles. The largest absolute Gasteiger partial charge is 0.326 e. The molecule has 20 heavy (non-hydrogen) atoms. The van der Waals surface area contributed by atoms with Crippen LogP contribution in [0.15, 0.2) is 17.0 Å². The Morgan fingerprint density at radius 3 is 2.50 bits per heavy atom. The zero-order valence-corrected chi connectivity index (χ0v) is 13.4. The first-order valence-corrected chi connectivity index (χ1v) is 8.73. The van der Waals surface area contributed by atoms with Crippen molar-refractivity contribution in [3.63, 3.8) is 0 Å². The van der Waals surface area contributed by atoms with E-state index in [0.29, 0.717) is 10.6 Å². The maximum Gasteiger partial charge on any atom is 0.241 e. The Labute approximate surface area is 125 Å². The summed E-state index contributed by atoms with van der Waals surface area (Å²) < 4.78 is 28.1. The van der Waals surface area contributed by atoms with E-state index < -0.39 is 10.0 Å². The lowest BCUT2D eigenvalue weighted by atomic mass is 9.76. The maximum atomic E-state index is 12.6. The lowest BCUT2D eigenvalue weighted by Gasteiger charge is -2.41. The van der Waals surface area contributed by atoms with E-state index >= 15 is 0 Å². The second-order valence-electron chi connectivity index (χ2n) is 5.49. The van der Waals surface area contributed by atoms with Crippen LogP contribution in [0, 0.1) is 6.92 Å². The molecule has 0 aliphatic heterocycles. The van der Waals surface area contributed by atoms with Gasteiger partial charge in [-0.05, 0) is 55.9 Å². The van der Waals surface area contributed by atoms with Crippen LogP contribution >= 0.6 is 11.6 Å². The fourth-order valence-electron chi connectivity index (χ4n) is 2.67. The van der Waals surface area contributed by atoms with Gasteiger partial charge in [0.1, 0.15) is 0 Å². The van der Waals surface area contributed by atoms with E-state index in [0.717, 1.165) is 31.2 Å². The van der Waals surface area contributed by atoms with Gasteiger partial charge in [-0.2, -0.15) is 0 Å². The van der Waals surface area contributed by atoms with E-state index in [2.05, 4.69) is 4.72 Å². The summed E-state index contributed by atoms with van der Waals surface area (Å²) in [4.78, 5) is 0.241. The molecule has 112 valence electrons. The van der Waals surface area contributed by atoms with E-state index in [9.17, 15) is 8.42 Å². The predicted molar refractivity (Wildman–Crippen MR) is 81.3 cm³/mol. The van der Waals surface area contributed by atoms with Crippen LogP contribution in [0.4, 0.5) is 0 Å². The normalized spacial score (nSPS) is 17.8. The number of nitrogens with two attached hydrogens (primary N) is 1. The van der Waals surface area contributed by atoms with Crippen LogP contribution in [-0.2, 0) is 16.6 Å². The molecule has 3 N–H and O–H groups in total. The summed E-state index contributed by atoms with van der Waals surface area (Å²) in [5, 5.41) is 0.399. The minimum Gasteiger partial charge on any atom is -0.326 e. The molecule has 1 aliphatic carbocycles. The van der Waals surface area contributed by atoms with Gasteiger partial charge >= 0.3 is 0 Å². The molecule has 1 fully saturated rings. The molecule has 0 bridgehead atoms. The fraction of sp³-hybridized carbons (Fsp3) is 0.571. The van der Waals surface area contributed by atoms with Crippen LogP contribution in [0.1, 0.15) is 43.7 Å². The maximum absolute atomic E-state index is 12.6.